The molecule has 0 aliphatic carbocycles. The maximum Gasteiger partial charge on any atom is 0.338 e. The van der Waals surface area contributed by atoms with E-state index in [1.54, 1.807) is 23.0 Å². The van der Waals surface area contributed by atoms with Gasteiger partial charge in [-0.05, 0) is 32.0 Å². The third-order valence-corrected chi connectivity index (χ3v) is 2.39. The van der Waals surface area contributed by atoms with Gasteiger partial charge in [0, 0.05) is 11.9 Å². The lowest BCUT2D eigenvalue weighted by molar-refractivity contribution is 0.0600. The summed E-state index contributed by atoms with van der Waals surface area (Å²) in [5.74, 6) is 0.230. The van der Waals surface area contributed by atoms with Crippen LogP contribution in [-0.4, -0.2) is 27.8 Å². The first-order valence-corrected chi connectivity index (χ1v) is 5.20. The summed E-state index contributed by atoms with van der Waals surface area (Å²) < 4.78 is 6.36. The first-order valence-electron chi connectivity index (χ1n) is 5.20. The molecule has 2 aromatic rings. The summed E-state index contributed by atoms with van der Waals surface area (Å²) >= 11 is 0. The Morgan fingerprint density at radius 3 is 2.71 bits per heavy atom. The molecule has 2 aromatic heterocycles. The van der Waals surface area contributed by atoms with Crippen LogP contribution in [-0.2, 0) is 4.74 Å². The molecule has 2 heterocycles. The van der Waals surface area contributed by atoms with E-state index in [1.165, 1.54) is 7.11 Å². The highest BCUT2D eigenvalue weighted by atomic mass is 16.5. The third-order valence-electron chi connectivity index (χ3n) is 2.39. The van der Waals surface area contributed by atoms with Gasteiger partial charge >= 0.3 is 5.97 Å². The zero-order valence-electron chi connectivity index (χ0n) is 9.97. The minimum atomic E-state index is -0.379. The number of nitrogens with zero attached hydrogens (tertiary/aromatic N) is 3. The number of pyridine rings is 1. The van der Waals surface area contributed by atoms with Crippen LogP contribution in [0.1, 0.15) is 21.7 Å². The number of aryl methyl sites for hydroxylation is 2. The molecule has 0 spiro atoms. The van der Waals surface area contributed by atoms with Crippen LogP contribution in [0.4, 0.5) is 0 Å². The van der Waals surface area contributed by atoms with Gasteiger partial charge in [-0.15, -0.1) is 0 Å². The summed E-state index contributed by atoms with van der Waals surface area (Å²) in [6.07, 6.45) is 1.57. The zero-order valence-corrected chi connectivity index (χ0v) is 9.97. The van der Waals surface area contributed by atoms with Gasteiger partial charge in [-0.3, -0.25) is 0 Å². The topological polar surface area (TPSA) is 57.0 Å². The normalized spacial score (nSPS) is 10.3. The summed E-state index contributed by atoms with van der Waals surface area (Å²) in [7, 11) is 1.35. The molecule has 0 saturated heterocycles. The molecule has 5 heteroatoms. The quantitative estimate of drug-likeness (QED) is 0.738. The van der Waals surface area contributed by atoms with Crippen LogP contribution in [0.5, 0.6) is 0 Å². The molecule has 88 valence electrons. The van der Waals surface area contributed by atoms with E-state index >= 15 is 0 Å². The van der Waals surface area contributed by atoms with E-state index in [2.05, 4.69) is 14.8 Å². The minimum Gasteiger partial charge on any atom is -0.465 e. The van der Waals surface area contributed by atoms with Crippen molar-refractivity contribution in [3.8, 4) is 5.82 Å². The lowest BCUT2D eigenvalue weighted by Gasteiger charge is -2.04. The number of rotatable bonds is 2. The second kappa shape index (κ2) is 4.37. The predicted octanol–water partition coefficient (Wildman–Crippen LogP) is 1.67. The fourth-order valence-corrected chi connectivity index (χ4v) is 1.64. The Morgan fingerprint density at radius 2 is 2.12 bits per heavy atom. The summed E-state index contributed by atoms with van der Waals surface area (Å²) in [4.78, 5) is 15.6. The van der Waals surface area contributed by atoms with Gasteiger partial charge in [-0.25, -0.2) is 14.5 Å². The van der Waals surface area contributed by atoms with Gasteiger partial charge in [0.15, 0.2) is 5.82 Å². The third kappa shape index (κ3) is 2.18. The molecule has 0 fully saturated rings. The van der Waals surface area contributed by atoms with Gasteiger partial charge in [-0.2, -0.15) is 5.10 Å². The van der Waals surface area contributed by atoms with Crippen LogP contribution < -0.4 is 0 Å². The molecule has 0 atom stereocenters. The number of hydrogen-bond donors (Lipinski definition) is 0. The molecule has 5 nitrogen and oxygen atoms in total. The van der Waals surface area contributed by atoms with Gasteiger partial charge in [-0.1, -0.05) is 0 Å². The van der Waals surface area contributed by atoms with Crippen LogP contribution >= 0.6 is 0 Å². The summed E-state index contributed by atoms with van der Waals surface area (Å²) in [5.41, 5.74) is 2.34. The van der Waals surface area contributed by atoms with Crippen molar-refractivity contribution in [3.63, 3.8) is 0 Å². The van der Waals surface area contributed by atoms with Gasteiger partial charge in [0.2, 0.25) is 0 Å². The summed E-state index contributed by atoms with van der Waals surface area (Å²) in [5, 5.41) is 4.31. The SMILES string of the molecule is COC(=O)c1ccnc(-n2nc(C)cc2C)c1. The molecule has 0 radical (unpaired) electrons. The van der Waals surface area contributed by atoms with Crippen molar-refractivity contribution in [1.82, 2.24) is 14.8 Å². The second-order valence-electron chi connectivity index (χ2n) is 3.73. The number of aromatic nitrogens is 3. The molecule has 2 rings (SSSR count). The van der Waals surface area contributed by atoms with Gasteiger partial charge in [0.25, 0.3) is 0 Å². The van der Waals surface area contributed by atoms with E-state index in [0.29, 0.717) is 11.4 Å². The smallest absolute Gasteiger partial charge is 0.338 e. The van der Waals surface area contributed by atoms with E-state index in [-0.39, 0.29) is 5.97 Å². The van der Waals surface area contributed by atoms with E-state index in [1.807, 2.05) is 19.9 Å². The maximum atomic E-state index is 11.4. The Kier molecular flexibility index (Phi) is 2.91. The number of hydrogen-bond acceptors (Lipinski definition) is 4. The monoisotopic (exact) mass is 231 g/mol. The standard InChI is InChI=1S/C12H13N3O2/c1-8-6-9(2)15(14-8)11-7-10(4-5-13-11)12(16)17-3/h4-7H,1-3H3. The fourth-order valence-electron chi connectivity index (χ4n) is 1.64. The number of methoxy groups -OCH3 is 1. The molecular formula is C12H13N3O2. The Morgan fingerprint density at radius 1 is 1.35 bits per heavy atom. The number of esters is 1. The second-order valence-corrected chi connectivity index (χ2v) is 3.73. The molecule has 0 aromatic carbocycles. The van der Waals surface area contributed by atoms with Gasteiger partial charge in [0.05, 0.1) is 18.4 Å². The van der Waals surface area contributed by atoms with Crippen molar-refractivity contribution in [2.45, 2.75) is 13.8 Å². The highest BCUT2D eigenvalue weighted by Gasteiger charge is 2.09. The summed E-state index contributed by atoms with van der Waals surface area (Å²) in [6.45, 7) is 3.85. The van der Waals surface area contributed by atoms with Crippen LogP contribution in [0.2, 0.25) is 0 Å². The molecule has 17 heavy (non-hydrogen) atoms. The zero-order chi connectivity index (χ0) is 12.4. The average molecular weight is 231 g/mol. The lowest BCUT2D eigenvalue weighted by Crippen LogP contribution is -2.06. The fraction of sp³-hybridized carbons (Fsp3) is 0.250. The number of carbonyl (C=O) groups is 1. The Balaban J connectivity index is 2.46. The van der Waals surface area contributed by atoms with Crippen LogP contribution in [0.25, 0.3) is 5.82 Å². The largest absolute Gasteiger partial charge is 0.465 e. The van der Waals surface area contributed by atoms with Gasteiger partial charge < -0.3 is 4.74 Å². The summed E-state index contributed by atoms with van der Waals surface area (Å²) in [6, 6.07) is 5.22. The molecule has 0 aliphatic heterocycles. The van der Waals surface area contributed by atoms with Crippen LogP contribution in [0.15, 0.2) is 24.4 Å². The van der Waals surface area contributed by atoms with Crippen molar-refractivity contribution < 1.29 is 9.53 Å². The van der Waals surface area contributed by atoms with E-state index < -0.39 is 0 Å². The molecule has 0 unspecified atom stereocenters. The van der Waals surface area contributed by atoms with Crippen molar-refractivity contribution >= 4 is 5.97 Å². The molecule has 0 aliphatic rings. The first-order chi connectivity index (χ1) is 8.11. The number of carbonyl (C=O) groups excluding carboxylic acids is 1. The Labute approximate surface area is 99.1 Å². The predicted molar refractivity (Wildman–Crippen MR) is 62.2 cm³/mol. The van der Waals surface area contributed by atoms with Crippen molar-refractivity contribution in [2.24, 2.45) is 0 Å². The number of ether oxygens (including phenoxy) is 1. The molecule has 0 bridgehead atoms. The molecule has 0 amide bonds. The van der Waals surface area contributed by atoms with Crippen molar-refractivity contribution in [3.05, 3.63) is 41.3 Å². The lowest BCUT2D eigenvalue weighted by atomic mass is 10.2. The maximum absolute atomic E-state index is 11.4. The first kappa shape index (κ1) is 11.3. The van der Waals surface area contributed by atoms with Gasteiger partial charge in [0.1, 0.15) is 0 Å². The van der Waals surface area contributed by atoms with Crippen molar-refractivity contribution in [1.29, 1.82) is 0 Å². The van der Waals surface area contributed by atoms with Crippen LogP contribution in [0.3, 0.4) is 0 Å². The van der Waals surface area contributed by atoms with Crippen molar-refractivity contribution in [2.75, 3.05) is 7.11 Å². The molecule has 0 N–H and O–H groups in total. The average Bonchev–Trinajstić information content (AvgIpc) is 2.67. The van der Waals surface area contributed by atoms with E-state index in [4.69, 9.17) is 0 Å². The Bertz CT molecular complexity index is 561. The van der Waals surface area contributed by atoms with Crippen LogP contribution in [0, 0.1) is 13.8 Å². The highest BCUT2D eigenvalue weighted by molar-refractivity contribution is 5.89. The molecular weight excluding hydrogens is 218 g/mol. The Hall–Kier alpha value is -2.17. The highest BCUT2D eigenvalue weighted by Crippen LogP contribution is 2.11. The molecule has 0 saturated carbocycles. The van der Waals surface area contributed by atoms with E-state index in [0.717, 1.165) is 11.4 Å². The minimum absolute atomic E-state index is 0.379. The van der Waals surface area contributed by atoms with E-state index in [9.17, 15) is 4.79 Å².